The molecule has 1 saturated heterocycles. The fourth-order valence-corrected chi connectivity index (χ4v) is 10.4. The lowest BCUT2D eigenvalue weighted by atomic mass is 9.63. The molecular weight excluding hydrogens is 686 g/mol. The maximum absolute atomic E-state index is 13.2. The van der Waals surface area contributed by atoms with E-state index < -0.39 is 12.6 Å². The third-order valence-corrected chi connectivity index (χ3v) is 13.2. The number of fused-ring (bicyclic) bond motifs is 3. The Bertz CT molecular complexity index is 1980. The normalized spacial score (nSPS) is 24.2. The van der Waals surface area contributed by atoms with Gasteiger partial charge < -0.3 is 20.5 Å². The second-order valence-corrected chi connectivity index (χ2v) is 16.8. The van der Waals surface area contributed by atoms with Crippen LogP contribution in [0, 0.1) is 29.6 Å². The molecule has 0 spiro atoms. The van der Waals surface area contributed by atoms with Crippen molar-refractivity contribution in [2.75, 3.05) is 25.5 Å². The number of piperidine rings is 1. The van der Waals surface area contributed by atoms with Gasteiger partial charge in [0.15, 0.2) is 0 Å². The molecule has 4 aliphatic rings. The summed E-state index contributed by atoms with van der Waals surface area (Å²) in [5.74, 6) is 1.15. The Morgan fingerprint density at radius 2 is 1.94 bits per heavy atom. The number of unbranched alkanes of at least 4 members (excludes halogenated alkanes) is 1. The topological polar surface area (TPSA) is 111 Å². The molecule has 2 atom stereocenters. The molecule has 3 aromatic heterocycles. The number of rotatable bonds is 13. The smallest absolute Gasteiger partial charge is 0.367 e. The van der Waals surface area contributed by atoms with Gasteiger partial charge in [-0.15, -0.1) is 11.3 Å². The first-order valence-electron chi connectivity index (χ1n) is 18.6. The largest absolute Gasteiger partial charge is 0.393 e. The number of halogens is 3. The third kappa shape index (κ3) is 7.14. The number of nitriles is 1. The minimum absolute atomic E-state index is 0.0562. The zero-order chi connectivity index (χ0) is 36.8. The number of anilines is 1. The highest BCUT2D eigenvalue weighted by Crippen LogP contribution is 2.65. The van der Waals surface area contributed by atoms with Crippen molar-refractivity contribution in [3.05, 3.63) is 52.3 Å². The Balaban J connectivity index is 0.989. The number of hydrogen-bond donors (Lipinski definition) is 3. The molecule has 1 aromatic carbocycles. The number of nitrogens with zero attached hydrogens (tertiary/aromatic N) is 5. The van der Waals surface area contributed by atoms with Crippen molar-refractivity contribution in [1.29, 1.82) is 5.26 Å². The summed E-state index contributed by atoms with van der Waals surface area (Å²) >= 11 is 1.07. The molecule has 8 rings (SSSR count). The highest BCUT2D eigenvalue weighted by molar-refractivity contribution is 7.18. The number of amides is 1. The Labute approximate surface area is 307 Å². The average Bonchev–Trinajstić information content (AvgIpc) is 3.80. The Morgan fingerprint density at radius 3 is 2.63 bits per heavy atom. The molecule has 4 fully saturated rings. The van der Waals surface area contributed by atoms with E-state index in [0.717, 1.165) is 99.8 Å². The van der Waals surface area contributed by atoms with Crippen LogP contribution in [0.1, 0.15) is 86.9 Å². The Hall–Kier alpha value is -3.73. The molecule has 4 heterocycles. The predicted molar refractivity (Wildman–Crippen MR) is 199 cm³/mol. The van der Waals surface area contributed by atoms with Crippen LogP contribution in [0.3, 0.4) is 0 Å². The molecule has 13 heteroatoms. The van der Waals surface area contributed by atoms with Gasteiger partial charge >= 0.3 is 6.18 Å². The van der Waals surface area contributed by atoms with Crippen LogP contribution in [0.2, 0.25) is 0 Å². The van der Waals surface area contributed by atoms with Gasteiger partial charge in [0.05, 0.1) is 17.8 Å². The summed E-state index contributed by atoms with van der Waals surface area (Å²) in [5.41, 5.74) is 4.12. The fourth-order valence-electron chi connectivity index (χ4n) is 9.41. The number of hydrogen-bond acceptors (Lipinski definition) is 8. The van der Waals surface area contributed by atoms with Crippen LogP contribution < -0.4 is 16.0 Å². The van der Waals surface area contributed by atoms with E-state index in [9.17, 15) is 23.2 Å². The second kappa shape index (κ2) is 14.3. The first-order valence-corrected chi connectivity index (χ1v) is 19.5. The van der Waals surface area contributed by atoms with E-state index in [1.54, 1.807) is 6.07 Å². The molecule has 52 heavy (non-hydrogen) atoms. The van der Waals surface area contributed by atoms with Crippen LogP contribution in [0.4, 0.5) is 19.0 Å². The molecule has 3 N–H and O–H groups in total. The number of alkyl halides is 3. The van der Waals surface area contributed by atoms with E-state index in [1.807, 2.05) is 13.1 Å². The number of carbonyl (C=O) groups is 1. The number of carbonyl (C=O) groups excluding carboxylic acids is 1. The summed E-state index contributed by atoms with van der Waals surface area (Å²) in [6, 6.07) is 10.5. The maximum Gasteiger partial charge on any atom is 0.393 e. The standard InChI is InChI=1S/C39H49F3N8OS/c1-5-6-7-32(44-4)35(51)48-38-16-24(2)37(20-38,21-38)22-50-28(18-43)14-30-25(3)26(8-9-33(30)50)19-49-12-10-27(11-13-49)47-34-31-15-29(17-39(40,41)42)52-36(31)46-23-45-34/h8-9,14-15,23-24,27,32,44H,5-7,10-13,16-17,19-22H2,1-4H3,(H,48,51)(H,45,46,47)/t24-,32?,37?,38?/m1/s1. The number of aryl methyl sites for hydroxylation is 1. The van der Waals surface area contributed by atoms with Crippen molar-refractivity contribution < 1.29 is 18.0 Å². The van der Waals surface area contributed by atoms with Crippen LogP contribution >= 0.6 is 11.3 Å². The Morgan fingerprint density at radius 1 is 1.17 bits per heavy atom. The number of aromatic nitrogens is 3. The lowest BCUT2D eigenvalue weighted by molar-refractivity contribution is -0.127. The van der Waals surface area contributed by atoms with Crippen molar-refractivity contribution >= 4 is 44.2 Å². The summed E-state index contributed by atoms with van der Waals surface area (Å²) < 4.78 is 41.2. The van der Waals surface area contributed by atoms with E-state index in [0.29, 0.717) is 27.6 Å². The third-order valence-electron chi connectivity index (χ3n) is 12.2. The van der Waals surface area contributed by atoms with Crippen LogP contribution in [-0.4, -0.2) is 69.3 Å². The number of nitrogens with one attached hydrogen (secondary N) is 3. The number of likely N-dealkylation sites (N-methyl/N-ethyl adjacent to an activating group) is 1. The number of thiophene rings is 1. The molecule has 4 aromatic rings. The molecule has 2 bridgehead atoms. The highest BCUT2D eigenvalue weighted by Gasteiger charge is 2.65. The van der Waals surface area contributed by atoms with Gasteiger partial charge in [0.25, 0.3) is 0 Å². The van der Waals surface area contributed by atoms with Crippen molar-refractivity contribution in [2.24, 2.45) is 11.3 Å². The summed E-state index contributed by atoms with van der Waals surface area (Å²) in [4.78, 5) is 25.0. The van der Waals surface area contributed by atoms with Gasteiger partial charge in [0.1, 0.15) is 28.7 Å². The van der Waals surface area contributed by atoms with Gasteiger partial charge in [-0.3, -0.25) is 9.69 Å². The van der Waals surface area contributed by atoms with E-state index >= 15 is 0 Å². The number of likely N-dealkylation sites (tertiary alicyclic amines) is 1. The number of benzene rings is 1. The molecule has 1 amide bonds. The Kier molecular flexibility index (Phi) is 10.0. The van der Waals surface area contributed by atoms with Crippen LogP contribution in [0.5, 0.6) is 0 Å². The molecule has 9 nitrogen and oxygen atoms in total. The van der Waals surface area contributed by atoms with Gasteiger partial charge in [-0.05, 0) is 93.2 Å². The average molecular weight is 735 g/mol. The minimum Gasteiger partial charge on any atom is -0.367 e. The lowest BCUT2D eigenvalue weighted by Crippen LogP contribution is -2.60. The molecule has 3 aliphatic carbocycles. The molecule has 1 unspecified atom stereocenters. The van der Waals surface area contributed by atoms with E-state index in [-0.39, 0.29) is 33.8 Å². The molecular formula is C39H49F3N8OS. The van der Waals surface area contributed by atoms with Gasteiger partial charge in [-0.25, -0.2) is 9.97 Å². The predicted octanol–water partition coefficient (Wildman–Crippen LogP) is 7.46. The second-order valence-electron chi connectivity index (χ2n) is 15.7. The summed E-state index contributed by atoms with van der Waals surface area (Å²) in [7, 11) is 1.86. The van der Waals surface area contributed by atoms with Gasteiger partial charge in [0, 0.05) is 53.5 Å². The van der Waals surface area contributed by atoms with E-state index in [2.05, 4.69) is 74.4 Å². The van der Waals surface area contributed by atoms with E-state index in [4.69, 9.17) is 0 Å². The zero-order valence-electron chi connectivity index (χ0n) is 30.5. The summed E-state index contributed by atoms with van der Waals surface area (Å²) in [6.45, 7) is 9.94. The quantitative estimate of drug-likeness (QED) is 0.131. The van der Waals surface area contributed by atoms with Gasteiger partial charge in [0.2, 0.25) is 5.91 Å². The van der Waals surface area contributed by atoms with Crippen LogP contribution in [0.25, 0.3) is 21.1 Å². The van der Waals surface area contributed by atoms with Crippen molar-refractivity contribution in [2.45, 2.75) is 115 Å². The molecule has 3 saturated carbocycles. The molecule has 0 radical (unpaired) electrons. The fraction of sp³-hybridized carbons (Fsp3) is 0.590. The first kappa shape index (κ1) is 36.6. The van der Waals surface area contributed by atoms with Crippen molar-refractivity contribution in [3.8, 4) is 6.07 Å². The maximum atomic E-state index is 13.2. The van der Waals surface area contributed by atoms with Crippen LogP contribution in [0.15, 0.2) is 30.6 Å². The monoisotopic (exact) mass is 734 g/mol. The highest BCUT2D eigenvalue weighted by atomic mass is 32.1. The van der Waals surface area contributed by atoms with E-state index in [1.165, 1.54) is 17.5 Å². The lowest BCUT2D eigenvalue weighted by Gasteiger charge is -2.49. The van der Waals surface area contributed by atoms with Crippen molar-refractivity contribution in [3.63, 3.8) is 0 Å². The van der Waals surface area contributed by atoms with Gasteiger partial charge in [-0.2, -0.15) is 18.4 Å². The first-order chi connectivity index (χ1) is 24.8. The van der Waals surface area contributed by atoms with Crippen molar-refractivity contribution in [1.82, 2.24) is 30.1 Å². The molecule has 278 valence electrons. The van der Waals surface area contributed by atoms with Crippen LogP contribution in [-0.2, 0) is 24.3 Å². The van der Waals surface area contributed by atoms with Gasteiger partial charge in [-0.1, -0.05) is 32.8 Å². The summed E-state index contributed by atoms with van der Waals surface area (Å²) in [5, 5.41) is 22.1. The SMILES string of the molecule is CCCCC(NC)C(=O)NC12C[C@@H](C)C(Cn3c(C#N)cc4c(C)c(CN5CCC(Nc6ncnc7sc(CC(F)(F)F)cc67)CC5)ccc43)(C1)C2. The summed E-state index contributed by atoms with van der Waals surface area (Å²) in [6.07, 6.45) is 3.75. The molecule has 1 aliphatic heterocycles. The zero-order valence-corrected chi connectivity index (χ0v) is 31.3. The minimum atomic E-state index is -4.26.